The third-order valence-electron chi connectivity index (χ3n) is 15.6. The minimum absolute atomic E-state index is 0.127. The number of rotatable bonds is 3. The van der Waals surface area contributed by atoms with Gasteiger partial charge < -0.3 is 9.32 Å². The summed E-state index contributed by atoms with van der Waals surface area (Å²) in [5, 5.41) is 2.34. The summed E-state index contributed by atoms with van der Waals surface area (Å²) >= 11 is 0. The number of furan rings is 1. The van der Waals surface area contributed by atoms with Gasteiger partial charge in [0.1, 0.15) is 11.2 Å². The van der Waals surface area contributed by atoms with Crippen molar-refractivity contribution in [2.75, 3.05) is 4.90 Å². The van der Waals surface area contributed by atoms with Crippen LogP contribution < -0.4 is 4.90 Å². The smallest absolute Gasteiger partial charge is 0.135 e. The van der Waals surface area contributed by atoms with Gasteiger partial charge in [0.2, 0.25) is 0 Å². The molecule has 2 heteroatoms. The number of hydrogen-bond donors (Lipinski definition) is 0. The first-order valence-electron chi connectivity index (χ1n) is 19.3. The minimum atomic E-state index is 0.127. The van der Waals surface area contributed by atoms with E-state index >= 15 is 0 Å². The Kier molecular flexibility index (Phi) is 5.08. The van der Waals surface area contributed by atoms with Gasteiger partial charge in [0, 0.05) is 33.2 Å². The van der Waals surface area contributed by atoms with Crippen LogP contribution in [0.4, 0.5) is 17.1 Å². The van der Waals surface area contributed by atoms with Crippen LogP contribution in [0.25, 0.3) is 33.1 Å². The van der Waals surface area contributed by atoms with E-state index in [4.69, 9.17) is 4.42 Å². The molecule has 4 fully saturated rings. The molecule has 5 aromatic carbocycles. The van der Waals surface area contributed by atoms with Crippen molar-refractivity contribution in [1.82, 2.24) is 0 Å². The Morgan fingerprint density at radius 1 is 0.560 bits per heavy atom. The van der Waals surface area contributed by atoms with Crippen LogP contribution in [0.1, 0.15) is 88.5 Å². The molecule has 6 aliphatic rings. The second-order valence-electron chi connectivity index (χ2n) is 18.4. The molecular weight excluding hydrogens is 607 g/mol. The summed E-state index contributed by atoms with van der Waals surface area (Å²) < 4.78 is 6.31. The summed E-state index contributed by atoms with van der Waals surface area (Å²) in [4.78, 5) is 2.53. The fourth-order valence-electron chi connectivity index (χ4n) is 13.5. The van der Waals surface area contributed by atoms with Crippen LogP contribution in [0.15, 0.2) is 108 Å². The Morgan fingerprint density at radius 3 is 2.08 bits per heavy atom. The van der Waals surface area contributed by atoms with Crippen molar-refractivity contribution < 1.29 is 4.42 Å². The summed E-state index contributed by atoms with van der Waals surface area (Å²) in [6.45, 7) is 9.73. The largest absolute Gasteiger partial charge is 0.456 e. The SMILES string of the molecule is CC1(C)CCC(C)(C)c2cc(N(c3ccc4c(c3)-c3ccccc3C43C4CC5CC6CC3C64C5)c3ccc4oc5ccccc5c4c3)ccc21. The molecule has 6 atom stereocenters. The standard InChI is InChI=1S/C48H45NO/c1-45(2)19-20-46(3,4)40-26-32(14-17-39(40)45)49(31-15-18-42-36(25-31)34-10-6-8-12-41(34)50-42)30-13-16-38-35(24-30)33-9-5-7-11-37(33)48(38)43-22-28-21-29-23-44(48)47(29,43)27-28/h5-18,24-26,28-29,43-44H,19-23,27H2,1-4H3. The van der Waals surface area contributed by atoms with E-state index in [0.29, 0.717) is 5.41 Å². The van der Waals surface area contributed by atoms with Crippen molar-refractivity contribution in [2.45, 2.75) is 82.5 Å². The van der Waals surface area contributed by atoms with Crippen LogP contribution in [0, 0.1) is 29.1 Å². The first-order valence-corrected chi connectivity index (χ1v) is 19.3. The molecule has 0 radical (unpaired) electrons. The van der Waals surface area contributed by atoms with Crippen molar-refractivity contribution in [3.8, 4) is 11.1 Å². The number of nitrogens with zero attached hydrogens (tertiary/aromatic N) is 1. The Morgan fingerprint density at radius 2 is 1.22 bits per heavy atom. The third-order valence-corrected chi connectivity index (χ3v) is 15.6. The fourth-order valence-corrected chi connectivity index (χ4v) is 13.5. The number of para-hydroxylation sites is 1. The molecule has 12 rings (SSSR count). The first-order chi connectivity index (χ1) is 24.2. The Hall–Kier alpha value is -4.30. The second kappa shape index (κ2) is 8.94. The molecule has 0 N–H and O–H groups in total. The van der Waals surface area contributed by atoms with Gasteiger partial charge in [-0.15, -0.1) is 0 Å². The predicted octanol–water partition coefficient (Wildman–Crippen LogP) is 12.7. The zero-order valence-corrected chi connectivity index (χ0v) is 29.7. The summed E-state index contributed by atoms with van der Waals surface area (Å²) in [6.07, 6.45) is 8.32. The zero-order chi connectivity index (χ0) is 33.4. The van der Waals surface area contributed by atoms with E-state index in [1.54, 1.807) is 11.1 Å². The lowest BCUT2D eigenvalue weighted by atomic mass is 9.27. The molecule has 50 heavy (non-hydrogen) atoms. The molecule has 248 valence electrons. The maximum absolute atomic E-state index is 6.31. The molecule has 1 aromatic heterocycles. The summed E-state index contributed by atoms with van der Waals surface area (Å²) in [5.41, 5.74) is 15.9. The van der Waals surface area contributed by atoms with Gasteiger partial charge in [-0.25, -0.2) is 0 Å². The van der Waals surface area contributed by atoms with Crippen LogP contribution in [0.2, 0.25) is 0 Å². The van der Waals surface area contributed by atoms with Crippen molar-refractivity contribution in [3.63, 3.8) is 0 Å². The highest BCUT2D eigenvalue weighted by Gasteiger charge is 2.84. The molecular formula is C48H45NO. The molecule has 6 unspecified atom stereocenters. The molecule has 0 aliphatic heterocycles. The topological polar surface area (TPSA) is 16.4 Å². The second-order valence-corrected chi connectivity index (χ2v) is 18.4. The Labute approximate surface area is 295 Å². The lowest BCUT2D eigenvalue weighted by Crippen LogP contribution is -2.73. The van der Waals surface area contributed by atoms with Gasteiger partial charge in [-0.1, -0.05) is 82.3 Å². The van der Waals surface area contributed by atoms with Crippen LogP contribution in [-0.2, 0) is 16.2 Å². The first kappa shape index (κ1) is 28.4. The van der Waals surface area contributed by atoms with E-state index in [9.17, 15) is 0 Å². The van der Waals surface area contributed by atoms with Crippen molar-refractivity contribution in [1.29, 1.82) is 0 Å². The van der Waals surface area contributed by atoms with Gasteiger partial charge >= 0.3 is 0 Å². The van der Waals surface area contributed by atoms with Gasteiger partial charge in [0.15, 0.2) is 0 Å². The molecule has 6 aromatic rings. The molecule has 2 bridgehead atoms. The lowest BCUT2D eigenvalue weighted by Gasteiger charge is -2.76. The highest BCUT2D eigenvalue weighted by Crippen LogP contribution is 2.89. The minimum Gasteiger partial charge on any atom is -0.456 e. The molecule has 0 amide bonds. The van der Waals surface area contributed by atoms with Gasteiger partial charge in [-0.3, -0.25) is 0 Å². The summed E-state index contributed by atoms with van der Waals surface area (Å²) in [7, 11) is 0. The van der Waals surface area contributed by atoms with Gasteiger partial charge in [0.25, 0.3) is 0 Å². The van der Waals surface area contributed by atoms with Crippen LogP contribution in [-0.4, -0.2) is 0 Å². The van der Waals surface area contributed by atoms with Crippen LogP contribution in [0.5, 0.6) is 0 Å². The number of benzene rings is 5. The Balaban J connectivity index is 1.07. The maximum Gasteiger partial charge on any atom is 0.135 e. The van der Waals surface area contributed by atoms with E-state index in [1.807, 2.05) is 0 Å². The van der Waals surface area contributed by atoms with Crippen molar-refractivity contribution in [3.05, 3.63) is 125 Å². The van der Waals surface area contributed by atoms with Crippen molar-refractivity contribution in [2.24, 2.45) is 29.1 Å². The molecule has 6 aliphatic carbocycles. The third kappa shape index (κ3) is 3.16. The van der Waals surface area contributed by atoms with E-state index in [-0.39, 0.29) is 16.2 Å². The number of hydrogen-bond acceptors (Lipinski definition) is 2. The van der Waals surface area contributed by atoms with Crippen LogP contribution >= 0.6 is 0 Å². The molecule has 2 spiro atoms. The van der Waals surface area contributed by atoms with Gasteiger partial charge in [0.05, 0.1) is 0 Å². The molecule has 0 saturated heterocycles. The van der Waals surface area contributed by atoms with E-state index in [1.165, 1.54) is 88.6 Å². The maximum atomic E-state index is 6.31. The summed E-state index contributed by atoms with van der Waals surface area (Å²) in [5.74, 6) is 3.61. The summed E-state index contributed by atoms with van der Waals surface area (Å²) in [6, 6.07) is 39.7. The normalized spacial score (nSPS) is 31.2. The van der Waals surface area contributed by atoms with Gasteiger partial charge in [-0.05, 0) is 160 Å². The average Bonchev–Trinajstić information content (AvgIpc) is 3.85. The van der Waals surface area contributed by atoms with E-state index in [0.717, 1.165) is 34.8 Å². The highest BCUT2D eigenvalue weighted by molar-refractivity contribution is 6.06. The van der Waals surface area contributed by atoms with E-state index in [2.05, 4.69) is 136 Å². The predicted molar refractivity (Wildman–Crippen MR) is 205 cm³/mol. The molecule has 1 heterocycles. The Bertz CT molecular complexity index is 2460. The molecule has 4 saturated carbocycles. The number of fused-ring (bicyclic) bond motifs is 12. The zero-order valence-electron chi connectivity index (χ0n) is 29.7. The van der Waals surface area contributed by atoms with E-state index < -0.39 is 0 Å². The monoisotopic (exact) mass is 651 g/mol. The highest BCUT2D eigenvalue weighted by atomic mass is 16.3. The average molecular weight is 652 g/mol. The van der Waals surface area contributed by atoms with Crippen molar-refractivity contribution >= 4 is 39.0 Å². The van der Waals surface area contributed by atoms with Crippen LogP contribution in [0.3, 0.4) is 0 Å². The quantitative estimate of drug-likeness (QED) is 0.189. The number of anilines is 3. The molecule has 2 nitrogen and oxygen atoms in total. The fraction of sp³-hybridized carbons (Fsp3) is 0.375. The lowest BCUT2D eigenvalue weighted by molar-refractivity contribution is -0.231. The van der Waals surface area contributed by atoms with Gasteiger partial charge in [-0.2, -0.15) is 0 Å².